The van der Waals surface area contributed by atoms with E-state index in [2.05, 4.69) is 0 Å². The zero-order valence-electron chi connectivity index (χ0n) is 7.78. The van der Waals surface area contributed by atoms with Crippen molar-refractivity contribution in [2.24, 2.45) is 0 Å². The van der Waals surface area contributed by atoms with Gasteiger partial charge in [-0.3, -0.25) is 14.5 Å². The lowest BCUT2D eigenvalue weighted by Crippen LogP contribution is -2.39. The minimum atomic E-state index is -0.274. The predicted molar refractivity (Wildman–Crippen MR) is 51.7 cm³/mol. The van der Waals surface area contributed by atoms with Crippen LogP contribution < -0.4 is 5.73 Å². The molecule has 0 aromatic heterocycles. The molecule has 2 rings (SSSR count). The molecule has 2 N–H and O–H groups in total. The van der Waals surface area contributed by atoms with E-state index in [9.17, 15) is 9.59 Å². The fourth-order valence-corrected chi connectivity index (χ4v) is 1.57. The number of fused-ring (bicyclic) bond motifs is 1. The summed E-state index contributed by atoms with van der Waals surface area (Å²) in [7, 11) is 1.48. The van der Waals surface area contributed by atoms with Crippen LogP contribution in [0.15, 0.2) is 18.2 Å². The molecule has 1 aliphatic rings. The molecule has 1 heterocycles. The van der Waals surface area contributed by atoms with Gasteiger partial charge in [-0.15, -0.1) is 0 Å². The van der Waals surface area contributed by atoms with Gasteiger partial charge in [0.25, 0.3) is 5.91 Å². The van der Waals surface area contributed by atoms with E-state index in [1.54, 1.807) is 18.2 Å². The van der Waals surface area contributed by atoms with Crippen LogP contribution in [0.1, 0.15) is 15.9 Å². The molecule has 0 saturated heterocycles. The Morgan fingerprint density at radius 1 is 1.36 bits per heavy atom. The first-order chi connectivity index (χ1) is 6.61. The zero-order chi connectivity index (χ0) is 10.3. The van der Waals surface area contributed by atoms with Gasteiger partial charge in [-0.1, -0.05) is 6.07 Å². The minimum Gasteiger partial charge on any atom is -0.398 e. The molecule has 1 aromatic carbocycles. The molecule has 2 amide bonds. The summed E-state index contributed by atoms with van der Waals surface area (Å²) in [5.41, 5.74) is 7.39. The molecule has 0 bridgehead atoms. The molecular formula is C10H10N2O2. The number of anilines is 1. The average molecular weight is 190 g/mol. The highest BCUT2D eigenvalue weighted by Crippen LogP contribution is 2.23. The summed E-state index contributed by atoms with van der Waals surface area (Å²) < 4.78 is 0. The first kappa shape index (κ1) is 8.74. The normalized spacial score (nSPS) is 15.6. The standard InChI is InChI=1S/C10H10N2O2/c1-12-9(13)5-7-6(10(12)14)3-2-4-8(7)11/h2-4H,5,11H2,1H3. The molecule has 0 spiro atoms. The number of hydrogen-bond donors (Lipinski definition) is 1. The van der Waals surface area contributed by atoms with Gasteiger partial charge in [-0.05, 0) is 17.7 Å². The van der Waals surface area contributed by atoms with Crippen molar-refractivity contribution in [1.29, 1.82) is 0 Å². The van der Waals surface area contributed by atoms with E-state index >= 15 is 0 Å². The van der Waals surface area contributed by atoms with Crippen molar-refractivity contribution in [1.82, 2.24) is 4.90 Å². The van der Waals surface area contributed by atoms with Crippen molar-refractivity contribution < 1.29 is 9.59 Å². The molecule has 0 aliphatic carbocycles. The third-order valence-electron chi connectivity index (χ3n) is 2.45. The summed E-state index contributed by atoms with van der Waals surface area (Å²) in [6, 6.07) is 5.11. The van der Waals surface area contributed by atoms with Gasteiger partial charge in [0, 0.05) is 18.3 Å². The molecule has 4 nitrogen and oxygen atoms in total. The van der Waals surface area contributed by atoms with Crippen LogP contribution in [-0.4, -0.2) is 23.8 Å². The number of imide groups is 1. The maximum atomic E-state index is 11.6. The van der Waals surface area contributed by atoms with Gasteiger partial charge >= 0.3 is 0 Å². The van der Waals surface area contributed by atoms with Crippen molar-refractivity contribution in [2.75, 3.05) is 12.8 Å². The van der Waals surface area contributed by atoms with Crippen LogP contribution in [-0.2, 0) is 11.2 Å². The van der Waals surface area contributed by atoms with Crippen molar-refractivity contribution >= 4 is 17.5 Å². The van der Waals surface area contributed by atoms with Gasteiger partial charge in [0.2, 0.25) is 5.91 Å². The second kappa shape index (κ2) is 2.83. The third-order valence-corrected chi connectivity index (χ3v) is 2.45. The fraction of sp³-hybridized carbons (Fsp3) is 0.200. The molecule has 0 saturated carbocycles. The summed E-state index contributed by atoms with van der Waals surface area (Å²) in [5, 5.41) is 0. The first-order valence-corrected chi connectivity index (χ1v) is 4.29. The van der Waals surface area contributed by atoms with E-state index in [0.29, 0.717) is 16.8 Å². The van der Waals surface area contributed by atoms with E-state index in [-0.39, 0.29) is 18.2 Å². The van der Waals surface area contributed by atoms with E-state index in [0.717, 1.165) is 4.90 Å². The van der Waals surface area contributed by atoms with Crippen molar-refractivity contribution in [3.8, 4) is 0 Å². The molecule has 0 unspecified atom stereocenters. The minimum absolute atomic E-state index is 0.208. The molecular weight excluding hydrogens is 180 g/mol. The average Bonchev–Trinajstić information content (AvgIpc) is 2.17. The summed E-state index contributed by atoms with van der Waals surface area (Å²) in [6.07, 6.45) is 0.213. The van der Waals surface area contributed by atoms with E-state index < -0.39 is 0 Å². The Morgan fingerprint density at radius 3 is 2.79 bits per heavy atom. The van der Waals surface area contributed by atoms with Gasteiger partial charge in [-0.25, -0.2) is 0 Å². The topological polar surface area (TPSA) is 63.4 Å². The molecule has 1 aromatic rings. The zero-order valence-corrected chi connectivity index (χ0v) is 7.78. The number of nitrogens with two attached hydrogens (primary N) is 1. The van der Waals surface area contributed by atoms with Crippen LogP contribution in [0, 0.1) is 0 Å². The second-order valence-corrected chi connectivity index (χ2v) is 3.31. The number of benzene rings is 1. The van der Waals surface area contributed by atoms with Crippen molar-refractivity contribution in [3.63, 3.8) is 0 Å². The quantitative estimate of drug-likeness (QED) is 0.476. The number of nitrogens with zero attached hydrogens (tertiary/aromatic N) is 1. The Kier molecular flexibility index (Phi) is 1.77. The highest BCUT2D eigenvalue weighted by molar-refractivity contribution is 6.10. The SMILES string of the molecule is CN1C(=O)Cc2c(N)cccc2C1=O. The Hall–Kier alpha value is -1.84. The van der Waals surface area contributed by atoms with Gasteiger partial charge < -0.3 is 5.73 Å². The summed E-state index contributed by atoms with van der Waals surface area (Å²) in [6.45, 7) is 0. The van der Waals surface area contributed by atoms with Crippen LogP contribution >= 0.6 is 0 Å². The molecule has 1 aliphatic heterocycles. The van der Waals surface area contributed by atoms with Gasteiger partial charge in [0.1, 0.15) is 0 Å². The Bertz CT molecular complexity index is 426. The number of carbonyl (C=O) groups excluding carboxylic acids is 2. The number of rotatable bonds is 0. The van der Waals surface area contributed by atoms with E-state index in [1.165, 1.54) is 7.05 Å². The van der Waals surface area contributed by atoms with E-state index in [1.807, 2.05) is 0 Å². The lowest BCUT2D eigenvalue weighted by Gasteiger charge is -2.23. The molecule has 0 atom stereocenters. The maximum absolute atomic E-state index is 11.6. The van der Waals surface area contributed by atoms with Gasteiger partial charge in [0.05, 0.1) is 6.42 Å². The number of hydrogen-bond acceptors (Lipinski definition) is 3. The highest BCUT2D eigenvalue weighted by Gasteiger charge is 2.28. The van der Waals surface area contributed by atoms with Crippen LogP contribution in [0.3, 0.4) is 0 Å². The largest absolute Gasteiger partial charge is 0.398 e. The maximum Gasteiger partial charge on any atom is 0.260 e. The summed E-state index contributed by atoms with van der Waals surface area (Å²) >= 11 is 0. The Labute approximate surface area is 81.3 Å². The number of carbonyl (C=O) groups is 2. The van der Waals surface area contributed by atoms with Gasteiger partial charge in [0.15, 0.2) is 0 Å². The summed E-state index contributed by atoms with van der Waals surface area (Å²) in [5.74, 6) is -0.482. The van der Waals surface area contributed by atoms with Crippen molar-refractivity contribution in [3.05, 3.63) is 29.3 Å². The Balaban J connectivity index is 2.62. The van der Waals surface area contributed by atoms with Crippen LogP contribution in [0.5, 0.6) is 0 Å². The van der Waals surface area contributed by atoms with Crippen LogP contribution in [0.2, 0.25) is 0 Å². The lowest BCUT2D eigenvalue weighted by atomic mass is 9.97. The van der Waals surface area contributed by atoms with Crippen LogP contribution in [0.25, 0.3) is 0 Å². The highest BCUT2D eigenvalue weighted by atomic mass is 16.2. The predicted octanol–water partition coefficient (Wildman–Crippen LogP) is 0.423. The number of nitrogen functional groups attached to an aromatic ring is 1. The summed E-state index contributed by atoms with van der Waals surface area (Å²) in [4.78, 5) is 24.1. The molecule has 72 valence electrons. The smallest absolute Gasteiger partial charge is 0.260 e. The number of likely N-dealkylation sites (N-methyl/N-ethyl adjacent to an activating group) is 1. The van der Waals surface area contributed by atoms with Crippen LogP contribution in [0.4, 0.5) is 5.69 Å². The molecule has 0 radical (unpaired) electrons. The molecule has 4 heteroatoms. The first-order valence-electron chi connectivity index (χ1n) is 4.29. The fourth-order valence-electron chi connectivity index (χ4n) is 1.57. The second-order valence-electron chi connectivity index (χ2n) is 3.31. The lowest BCUT2D eigenvalue weighted by molar-refractivity contribution is -0.127. The van der Waals surface area contributed by atoms with E-state index in [4.69, 9.17) is 5.73 Å². The molecule has 14 heavy (non-hydrogen) atoms. The van der Waals surface area contributed by atoms with Gasteiger partial charge in [-0.2, -0.15) is 0 Å². The van der Waals surface area contributed by atoms with Crippen molar-refractivity contribution in [2.45, 2.75) is 6.42 Å². The Morgan fingerprint density at radius 2 is 2.07 bits per heavy atom. The monoisotopic (exact) mass is 190 g/mol. The molecule has 0 fully saturated rings. The third kappa shape index (κ3) is 1.08. The number of amides is 2.